The molecule has 0 spiro atoms. The Morgan fingerprint density at radius 3 is 2.56 bits per heavy atom. The molecule has 0 saturated heterocycles. The van der Waals surface area contributed by atoms with Gasteiger partial charge in [0.25, 0.3) is 0 Å². The molecular formula is C24H25ClN6O2S. The average molecular weight is 497 g/mol. The van der Waals surface area contributed by atoms with E-state index in [0.717, 1.165) is 34.1 Å². The quantitative estimate of drug-likeness (QED) is 0.343. The van der Waals surface area contributed by atoms with E-state index in [4.69, 9.17) is 16.3 Å². The fourth-order valence-electron chi connectivity index (χ4n) is 3.53. The lowest BCUT2D eigenvalue weighted by Crippen LogP contribution is -2.15. The number of hydrogen-bond acceptors (Lipinski definition) is 6. The molecule has 1 amide bonds. The van der Waals surface area contributed by atoms with Crippen molar-refractivity contribution in [3.63, 3.8) is 0 Å². The molecule has 4 rings (SSSR count). The van der Waals surface area contributed by atoms with Gasteiger partial charge in [-0.05, 0) is 57.2 Å². The predicted octanol–water partition coefficient (Wildman–Crippen LogP) is 5.07. The Labute approximate surface area is 207 Å². The van der Waals surface area contributed by atoms with Crippen LogP contribution < -0.4 is 10.1 Å². The number of amides is 1. The van der Waals surface area contributed by atoms with Crippen LogP contribution in [-0.2, 0) is 11.8 Å². The number of anilines is 1. The van der Waals surface area contributed by atoms with Gasteiger partial charge in [-0.1, -0.05) is 35.5 Å². The predicted molar refractivity (Wildman–Crippen MR) is 135 cm³/mol. The summed E-state index contributed by atoms with van der Waals surface area (Å²) in [6.07, 6.45) is 0. The summed E-state index contributed by atoms with van der Waals surface area (Å²) in [5, 5.41) is 17.3. The van der Waals surface area contributed by atoms with Gasteiger partial charge in [0.05, 0.1) is 29.4 Å². The minimum absolute atomic E-state index is 0.144. The van der Waals surface area contributed by atoms with Crippen molar-refractivity contribution in [1.82, 2.24) is 24.5 Å². The second kappa shape index (κ2) is 10.3. The largest absolute Gasteiger partial charge is 0.494 e. The molecule has 176 valence electrons. The summed E-state index contributed by atoms with van der Waals surface area (Å²) in [4.78, 5) is 12.7. The molecule has 0 aliphatic rings. The third kappa shape index (κ3) is 5.10. The van der Waals surface area contributed by atoms with E-state index < -0.39 is 0 Å². The highest BCUT2D eigenvalue weighted by Gasteiger charge is 2.19. The van der Waals surface area contributed by atoms with E-state index in [2.05, 4.69) is 20.6 Å². The van der Waals surface area contributed by atoms with E-state index in [-0.39, 0.29) is 11.7 Å². The van der Waals surface area contributed by atoms with Gasteiger partial charge in [-0.15, -0.1) is 10.2 Å². The number of benzene rings is 2. The molecule has 0 atom stereocenters. The standard InChI is InChI=1S/C24H25ClN6O2S/c1-5-33-20-11-9-19(10-12-20)31-23(17-7-6-8-18(25)13-17)27-28-24(31)34-14-21(32)26-22-15(2)29-30(4)16(22)3/h6-13H,5,14H2,1-4H3,(H,26,32). The van der Waals surface area contributed by atoms with E-state index >= 15 is 0 Å². The Balaban J connectivity index is 1.62. The van der Waals surface area contributed by atoms with E-state index in [1.807, 2.05) is 80.9 Å². The number of carbonyl (C=O) groups is 1. The first kappa shape index (κ1) is 23.8. The molecule has 0 fully saturated rings. The summed E-state index contributed by atoms with van der Waals surface area (Å²) in [5.74, 6) is 1.43. The van der Waals surface area contributed by atoms with Crippen LogP contribution in [0.15, 0.2) is 53.7 Å². The molecule has 8 nitrogen and oxygen atoms in total. The number of nitrogens with zero attached hydrogens (tertiary/aromatic N) is 5. The van der Waals surface area contributed by atoms with Crippen LogP contribution in [-0.4, -0.2) is 42.8 Å². The first-order chi connectivity index (χ1) is 16.4. The van der Waals surface area contributed by atoms with Crippen molar-refractivity contribution in [2.45, 2.75) is 25.9 Å². The van der Waals surface area contributed by atoms with Gasteiger partial charge in [-0.3, -0.25) is 14.0 Å². The Morgan fingerprint density at radius 1 is 1.15 bits per heavy atom. The van der Waals surface area contributed by atoms with Gasteiger partial charge in [-0.25, -0.2) is 0 Å². The second-order valence-corrected chi connectivity index (χ2v) is 8.96. The van der Waals surface area contributed by atoms with Gasteiger partial charge in [0, 0.05) is 23.3 Å². The Hall–Kier alpha value is -3.30. The van der Waals surface area contributed by atoms with Crippen LogP contribution in [0.5, 0.6) is 5.75 Å². The van der Waals surface area contributed by atoms with Crippen LogP contribution in [0.2, 0.25) is 5.02 Å². The van der Waals surface area contributed by atoms with Crippen LogP contribution in [0.3, 0.4) is 0 Å². The molecule has 0 unspecified atom stereocenters. The highest BCUT2D eigenvalue weighted by Crippen LogP contribution is 2.30. The van der Waals surface area contributed by atoms with Crippen LogP contribution in [0.1, 0.15) is 18.3 Å². The van der Waals surface area contributed by atoms with Crippen LogP contribution in [0.4, 0.5) is 5.69 Å². The van der Waals surface area contributed by atoms with E-state index in [1.54, 1.807) is 4.68 Å². The number of carbonyl (C=O) groups excluding carboxylic acids is 1. The normalized spacial score (nSPS) is 11.0. The molecule has 1 N–H and O–H groups in total. The number of rotatable bonds is 8. The molecule has 4 aromatic rings. The van der Waals surface area contributed by atoms with Crippen molar-refractivity contribution in [3.05, 3.63) is 64.9 Å². The molecule has 0 aliphatic heterocycles. The zero-order chi connectivity index (χ0) is 24.2. The maximum absolute atomic E-state index is 12.7. The minimum Gasteiger partial charge on any atom is -0.494 e. The van der Waals surface area contributed by atoms with Crippen LogP contribution >= 0.6 is 23.4 Å². The smallest absolute Gasteiger partial charge is 0.234 e. The number of ether oxygens (including phenoxy) is 1. The summed E-state index contributed by atoms with van der Waals surface area (Å²) in [5.41, 5.74) is 4.09. The molecule has 2 aromatic heterocycles. The number of aromatic nitrogens is 5. The first-order valence-corrected chi connectivity index (χ1v) is 12.1. The molecule has 2 heterocycles. The lowest BCUT2D eigenvalue weighted by atomic mass is 10.2. The van der Waals surface area contributed by atoms with Crippen molar-refractivity contribution in [3.8, 4) is 22.8 Å². The average Bonchev–Trinajstić information content (AvgIpc) is 3.34. The number of nitrogens with one attached hydrogen (secondary N) is 1. The monoisotopic (exact) mass is 496 g/mol. The topological polar surface area (TPSA) is 86.9 Å². The third-order valence-electron chi connectivity index (χ3n) is 5.23. The molecule has 0 radical (unpaired) electrons. The van der Waals surface area contributed by atoms with E-state index in [1.165, 1.54) is 11.8 Å². The first-order valence-electron chi connectivity index (χ1n) is 10.7. The Morgan fingerprint density at radius 2 is 1.91 bits per heavy atom. The van der Waals surface area contributed by atoms with Crippen molar-refractivity contribution < 1.29 is 9.53 Å². The maximum atomic E-state index is 12.7. The van der Waals surface area contributed by atoms with Gasteiger partial charge in [0.15, 0.2) is 11.0 Å². The molecule has 0 bridgehead atoms. The van der Waals surface area contributed by atoms with Crippen molar-refractivity contribution in [2.24, 2.45) is 7.05 Å². The molecule has 2 aromatic carbocycles. The fraction of sp³-hybridized carbons (Fsp3) is 0.250. The summed E-state index contributed by atoms with van der Waals surface area (Å²) < 4.78 is 9.24. The SMILES string of the molecule is CCOc1ccc(-n2c(SCC(=O)Nc3c(C)nn(C)c3C)nnc2-c2cccc(Cl)c2)cc1. The fourth-order valence-corrected chi connectivity index (χ4v) is 4.47. The van der Waals surface area contributed by atoms with Crippen LogP contribution in [0, 0.1) is 13.8 Å². The van der Waals surface area contributed by atoms with Gasteiger partial charge < -0.3 is 10.1 Å². The van der Waals surface area contributed by atoms with Crippen molar-refractivity contribution in [1.29, 1.82) is 0 Å². The van der Waals surface area contributed by atoms with Gasteiger partial charge >= 0.3 is 0 Å². The van der Waals surface area contributed by atoms with Gasteiger partial charge in [0.1, 0.15) is 5.75 Å². The highest BCUT2D eigenvalue weighted by atomic mass is 35.5. The summed E-state index contributed by atoms with van der Waals surface area (Å²) >= 11 is 7.53. The summed E-state index contributed by atoms with van der Waals surface area (Å²) in [6, 6.07) is 15.1. The lowest BCUT2D eigenvalue weighted by Gasteiger charge is -2.12. The summed E-state index contributed by atoms with van der Waals surface area (Å²) in [7, 11) is 1.85. The summed E-state index contributed by atoms with van der Waals surface area (Å²) in [6.45, 7) is 6.32. The molecule has 34 heavy (non-hydrogen) atoms. The van der Waals surface area contributed by atoms with Gasteiger partial charge in [-0.2, -0.15) is 5.10 Å². The molecule has 0 saturated carbocycles. The van der Waals surface area contributed by atoms with Gasteiger partial charge in [0.2, 0.25) is 5.91 Å². The third-order valence-corrected chi connectivity index (χ3v) is 6.39. The zero-order valence-electron chi connectivity index (χ0n) is 19.4. The Kier molecular flexibility index (Phi) is 7.23. The molecule has 10 heteroatoms. The number of thioether (sulfide) groups is 1. The van der Waals surface area contributed by atoms with Crippen LogP contribution in [0.25, 0.3) is 17.1 Å². The number of aryl methyl sites for hydroxylation is 2. The number of hydrogen-bond donors (Lipinski definition) is 1. The van der Waals surface area contributed by atoms with E-state index in [9.17, 15) is 4.79 Å². The van der Waals surface area contributed by atoms with E-state index in [0.29, 0.717) is 22.6 Å². The lowest BCUT2D eigenvalue weighted by molar-refractivity contribution is -0.113. The highest BCUT2D eigenvalue weighted by molar-refractivity contribution is 7.99. The second-order valence-electron chi connectivity index (χ2n) is 7.59. The minimum atomic E-state index is -0.144. The molecule has 0 aliphatic carbocycles. The Bertz CT molecular complexity index is 1320. The number of halogens is 1. The molecular weight excluding hydrogens is 472 g/mol. The maximum Gasteiger partial charge on any atom is 0.234 e. The van der Waals surface area contributed by atoms with Crippen molar-refractivity contribution in [2.75, 3.05) is 17.7 Å². The van der Waals surface area contributed by atoms with Crippen molar-refractivity contribution >= 4 is 35.0 Å². The zero-order valence-corrected chi connectivity index (χ0v) is 20.9.